The lowest BCUT2D eigenvalue weighted by molar-refractivity contribution is -0.139. The quantitative estimate of drug-likeness (QED) is 0.351. The molecule has 40 heavy (non-hydrogen) atoms. The standard InChI is InChI=1S/C31H39N3O5S/c1-24(30(36)32-31(2,3)4)33(21-20-25-12-8-6-9-13-25)29(35)22-34(40(5,37)38)27-16-18-28(19-17-27)39-23-26-14-10-7-11-15-26/h6-19,24H,20-23H2,1-5H3,(H,32,36)/t24-/m1/s1. The van der Waals surface area contributed by atoms with E-state index in [9.17, 15) is 18.0 Å². The fraction of sp³-hybridized carbons (Fsp3) is 0.355. The molecule has 2 amide bonds. The Bertz CT molecular complexity index is 1360. The van der Waals surface area contributed by atoms with Crippen LogP contribution < -0.4 is 14.4 Å². The number of hydrogen-bond acceptors (Lipinski definition) is 5. The fourth-order valence-electron chi connectivity index (χ4n) is 4.11. The summed E-state index contributed by atoms with van der Waals surface area (Å²) in [5.41, 5.74) is 1.87. The topological polar surface area (TPSA) is 96.0 Å². The predicted molar refractivity (Wildman–Crippen MR) is 159 cm³/mol. The number of sulfonamides is 1. The Labute approximate surface area is 238 Å². The normalized spacial score (nSPS) is 12.3. The number of benzene rings is 3. The van der Waals surface area contributed by atoms with Gasteiger partial charge in [0.1, 0.15) is 24.9 Å². The Morgan fingerprint density at radius 2 is 1.43 bits per heavy atom. The zero-order chi connectivity index (χ0) is 29.3. The number of hydrogen-bond donors (Lipinski definition) is 1. The van der Waals surface area contributed by atoms with Crippen LogP contribution in [0.5, 0.6) is 5.75 Å². The molecule has 9 heteroatoms. The number of nitrogens with one attached hydrogen (secondary N) is 1. The van der Waals surface area contributed by atoms with Crippen molar-refractivity contribution in [1.29, 1.82) is 0 Å². The lowest BCUT2D eigenvalue weighted by Crippen LogP contribution is -2.55. The Morgan fingerprint density at radius 1 is 0.875 bits per heavy atom. The number of ether oxygens (including phenoxy) is 1. The summed E-state index contributed by atoms with van der Waals surface area (Å²) in [4.78, 5) is 28.1. The number of amides is 2. The Balaban J connectivity index is 1.79. The van der Waals surface area contributed by atoms with Gasteiger partial charge in [-0.05, 0) is 69.5 Å². The van der Waals surface area contributed by atoms with Crippen molar-refractivity contribution in [3.8, 4) is 5.75 Å². The van der Waals surface area contributed by atoms with Crippen LogP contribution in [0, 0.1) is 0 Å². The van der Waals surface area contributed by atoms with Gasteiger partial charge >= 0.3 is 0 Å². The van der Waals surface area contributed by atoms with E-state index in [1.54, 1.807) is 31.2 Å². The van der Waals surface area contributed by atoms with Gasteiger partial charge in [0, 0.05) is 12.1 Å². The van der Waals surface area contributed by atoms with E-state index in [4.69, 9.17) is 4.74 Å². The van der Waals surface area contributed by atoms with Crippen molar-refractivity contribution in [2.45, 2.75) is 52.3 Å². The van der Waals surface area contributed by atoms with Gasteiger partial charge in [0.2, 0.25) is 21.8 Å². The van der Waals surface area contributed by atoms with Gasteiger partial charge < -0.3 is 15.0 Å². The Hall–Kier alpha value is -3.85. The second-order valence-corrected chi connectivity index (χ2v) is 12.7. The number of carbonyl (C=O) groups is 2. The fourth-order valence-corrected chi connectivity index (χ4v) is 4.96. The van der Waals surface area contributed by atoms with Crippen LogP contribution in [-0.2, 0) is 32.6 Å². The average Bonchev–Trinajstić information content (AvgIpc) is 2.90. The van der Waals surface area contributed by atoms with Crippen LogP contribution in [-0.4, -0.2) is 56.1 Å². The molecule has 0 aliphatic carbocycles. The van der Waals surface area contributed by atoms with Gasteiger partial charge in [-0.1, -0.05) is 60.7 Å². The van der Waals surface area contributed by atoms with Crippen LogP contribution in [0.4, 0.5) is 5.69 Å². The maximum Gasteiger partial charge on any atom is 0.244 e. The number of anilines is 1. The van der Waals surface area contributed by atoms with E-state index in [1.807, 2.05) is 81.4 Å². The molecule has 0 unspecified atom stereocenters. The molecular weight excluding hydrogens is 526 g/mol. The molecule has 8 nitrogen and oxygen atoms in total. The van der Waals surface area contributed by atoms with Crippen molar-refractivity contribution in [3.05, 3.63) is 96.1 Å². The van der Waals surface area contributed by atoms with Gasteiger partial charge in [-0.2, -0.15) is 0 Å². The van der Waals surface area contributed by atoms with Crippen molar-refractivity contribution in [1.82, 2.24) is 10.2 Å². The Kier molecular flexibility index (Phi) is 10.3. The Morgan fingerprint density at radius 3 is 1.95 bits per heavy atom. The van der Waals surface area contributed by atoms with Crippen LogP contribution in [0.25, 0.3) is 0 Å². The van der Waals surface area contributed by atoms with Crippen LogP contribution in [0.3, 0.4) is 0 Å². The molecule has 0 heterocycles. The molecule has 3 aromatic carbocycles. The van der Waals surface area contributed by atoms with Gasteiger partial charge in [-0.15, -0.1) is 0 Å². The molecule has 0 aliphatic heterocycles. The van der Waals surface area contributed by atoms with Gasteiger partial charge in [-0.3, -0.25) is 13.9 Å². The first kappa shape index (κ1) is 30.7. The molecule has 1 atom stereocenters. The molecule has 0 bridgehead atoms. The highest BCUT2D eigenvalue weighted by Gasteiger charge is 2.31. The van der Waals surface area contributed by atoms with Crippen molar-refractivity contribution in [3.63, 3.8) is 0 Å². The highest BCUT2D eigenvalue weighted by atomic mass is 32.2. The second kappa shape index (κ2) is 13.5. The van der Waals surface area contributed by atoms with E-state index in [2.05, 4.69) is 5.32 Å². The molecule has 0 spiro atoms. The molecule has 0 aromatic heterocycles. The lowest BCUT2D eigenvalue weighted by atomic mass is 10.1. The minimum absolute atomic E-state index is 0.255. The summed E-state index contributed by atoms with van der Waals surface area (Å²) >= 11 is 0. The third-order valence-corrected chi connectivity index (χ3v) is 7.34. The predicted octanol–water partition coefficient (Wildman–Crippen LogP) is 4.41. The van der Waals surface area contributed by atoms with E-state index in [0.29, 0.717) is 24.5 Å². The van der Waals surface area contributed by atoms with Gasteiger partial charge in [0.05, 0.1) is 11.9 Å². The first-order valence-corrected chi connectivity index (χ1v) is 15.1. The van der Waals surface area contributed by atoms with Gasteiger partial charge in [-0.25, -0.2) is 8.42 Å². The van der Waals surface area contributed by atoms with Gasteiger partial charge in [0.15, 0.2) is 0 Å². The molecule has 0 saturated carbocycles. The summed E-state index contributed by atoms with van der Waals surface area (Å²) in [7, 11) is -3.81. The van der Waals surface area contributed by atoms with E-state index in [1.165, 1.54) is 4.90 Å². The number of rotatable bonds is 12. The molecule has 0 saturated heterocycles. The van der Waals surface area contributed by atoms with E-state index in [-0.39, 0.29) is 12.5 Å². The summed E-state index contributed by atoms with van der Waals surface area (Å²) in [6.07, 6.45) is 1.58. The van der Waals surface area contributed by atoms with Crippen LogP contribution in [0.2, 0.25) is 0 Å². The lowest BCUT2D eigenvalue weighted by Gasteiger charge is -2.33. The largest absolute Gasteiger partial charge is 0.489 e. The number of nitrogens with zero attached hydrogens (tertiary/aromatic N) is 2. The molecule has 0 aliphatic rings. The minimum atomic E-state index is -3.81. The van der Waals surface area contributed by atoms with Crippen molar-refractivity contribution in [2.75, 3.05) is 23.7 Å². The summed E-state index contributed by atoms with van der Waals surface area (Å²) in [6, 6.07) is 25.1. The van der Waals surface area contributed by atoms with Crippen molar-refractivity contribution < 1.29 is 22.7 Å². The van der Waals surface area contributed by atoms with Crippen molar-refractivity contribution in [2.24, 2.45) is 0 Å². The van der Waals surface area contributed by atoms with E-state index >= 15 is 0 Å². The summed E-state index contributed by atoms with van der Waals surface area (Å²) in [5, 5.41) is 2.92. The third-order valence-electron chi connectivity index (χ3n) is 6.20. The summed E-state index contributed by atoms with van der Waals surface area (Å²) < 4.78 is 32.5. The average molecular weight is 566 g/mol. The molecule has 214 valence electrons. The summed E-state index contributed by atoms with van der Waals surface area (Å²) in [5.74, 6) is -0.202. The molecule has 3 rings (SSSR count). The maximum absolute atomic E-state index is 13.6. The molecule has 1 N–H and O–H groups in total. The first-order chi connectivity index (χ1) is 18.8. The van der Waals surface area contributed by atoms with Crippen LogP contribution >= 0.6 is 0 Å². The maximum atomic E-state index is 13.6. The minimum Gasteiger partial charge on any atom is -0.489 e. The summed E-state index contributed by atoms with van der Waals surface area (Å²) in [6.45, 7) is 7.45. The van der Waals surface area contributed by atoms with Crippen LogP contribution in [0.15, 0.2) is 84.9 Å². The third kappa shape index (κ3) is 9.41. The zero-order valence-corrected chi connectivity index (χ0v) is 24.6. The van der Waals surface area contributed by atoms with E-state index in [0.717, 1.165) is 21.7 Å². The first-order valence-electron chi connectivity index (χ1n) is 13.2. The molecular formula is C31H39N3O5S. The highest BCUT2D eigenvalue weighted by molar-refractivity contribution is 7.92. The van der Waals surface area contributed by atoms with Crippen molar-refractivity contribution >= 4 is 27.5 Å². The van der Waals surface area contributed by atoms with Gasteiger partial charge in [0.25, 0.3) is 0 Å². The SMILES string of the molecule is C[C@H](C(=O)NC(C)(C)C)N(CCc1ccccc1)C(=O)CN(c1ccc(OCc2ccccc2)cc1)S(C)(=O)=O. The zero-order valence-electron chi connectivity index (χ0n) is 23.8. The van der Waals surface area contributed by atoms with E-state index < -0.39 is 34.1 Å². The molecule has 3 aromatic rings. The second-order valence-electron chi connectivity index (χ2n) is 10.8. The monoisotopic (exact) mass is 565 g/mol. The molecule has 0 radical (unpaired) electrons. The molecule has 0 fully saturated rings. The smallest absolute Gasteiger partial charge is 0.244 e. The highest BCUT2D eigenvalue weighted by Crippen LogP contribution is 2.23. The van der Waals surface area contributed by atoms with Crippen LogP contribution in [0.1, 0.15) is 38.8 Å². The number of carbonyl (C=O) groups excluding carboxylic acids is 2.